The van der Waals surface area contributed by atoms with Crippen molar-refractivity contribution in [2.75, 3.05) is 14.2 Å². The lowest BCUT2D eigenvalue weighted by Crippen LogP contribution is -2.29. The monoisotopic (exact) mass is 499 g/mol. The number of likely N-dealkylation sites (tertiary alicyclic amines) is 1. The van der Waals surface area contributed by atoms with Crippen LogP contribution in [-0.4, -0.2) is 45.9 Å². The van der Waals surface area contributed by atoms with Crippen LogP contribution in [0.25, 0.3) is 5.76 Å². The zero-order valence-corrected chi connectivity index (χ0v) is 19.7. The maximum absolute atomic E-state index is 13.2. The molecule has 1 N–H and O–H groups in total. The van der Waals surface area contributed by atoms with E-state index in [-0.39, 0.29) is 39.2 Å². The minimum absolute atomic E-state index is 0.0103. The second kappa shape index (κ2) is 9.70. The summed E-state index contributed by atoms with van der Waals surface area (Å²) < 4.78 is 10.6. The summed E-state index contributed by atoms with van der Waals surface area (Å²) in [5.41, 5.74) is 0.826. The highest BCUT2D eigenvalue weighted by atomic mass is 35.5. The number of hydrogen-bond donors (Lipinski definition) is 1. The summed E-state index contributed by atoms with van der Waals surface area (Å²) >= 11 is 12.7. The SMILES string of the molecule is COc1c(Cl)cc(/C(O)=C2\C(=O)C(=O)N(Cc3ccccn3)C2c2ccccn2)c(OC)c1Cl. The van der Waals surface area contributed by atoms with Gasteiger partial charge in [-0.05, 0) is 30.3 Å². The van der Waals surface area contributed by atoms with Crippen molar-refractivity contribution in [3.05, 3.63) is 87.4 Å². The van der Waals surface area contributed by atoms with Crippen LogP contribution in [0.15, 0.2) is 60.4 Å². The number of ketones is 1. The van der Waals surface area contributed by atoms with Crippen LogP contribution in [0.4, 0.5) is 0 Å². The molecule has 0 radical (unpaired) electrons. The van der Waals surface area contributed by atoms with Gasteiger partial charge in [0.1, 0.15) is 16.8 Å². The highest BCUT2D eigenvalue weighted by Gasteiger charge is 2.47. The van der Waals surface area contributed by atoms with Crippen molar-refractivity contribution in [2.45, 2.75) is 12.6 Å². The molecule has 1 aliphatic heterocycles. The fourth-order valence-electron chi connectivity index (χ4n) is 3.85. The molecule has 1 amide bonds. The molecule has 0 bridgehead atoms. The summed E-state index contributed by atoms with van der Waals surface area (Å²) in [5, 5.41) is 11.4. The third-order valence-corrected chi connectivity index (χ3v) is 5.99. The largest absolute Gasteiger partial charge is 0.507 e. The second-order valence-electron chi connectivity index (χ2n) is 7.29. The van der Waals surface area contributed by atoms with Gasteiger partial charge in [0.05, 0.1) is 48.3 Å². The van der Waals surface area contributed by atoms with Crippen LogP contribution >= 0.6 is 23.2 Å². The lowest BCUT2D eigenvalue weighted by molar-refractivity contribution is -0.140. The summed E-state index contributed by atoms with van der Waals surface area (Å²) in [6.45, 7) is 0.0324. The molecular weight excluding hydrogens is 481 g/mol. The van der Waals surface area contributed by atoms with E-state index in [2.05, 4.69) is 9.97 Å². The highest BCUT2D eigenvalue weighted by Crippen LogP contribution is 2.47. The standard InChI is InChI=1S/C24H19Cl2N3O5/c1-33-22-14(11-15(25)23(34-2)18(22)26)20(30)17-19(16-8-4-6-10-28-16)29(24(32)21(17)31)12-13-7-3-5-9-27-13/h3-11,19,30H,12H2,1-2H3/b20-17+. The molecule has 174 valence electrons. The number of hydrogen-bond acceptors (Lipinski definition) is 7. The maximum atomic E-state index is 13.2. The molecule has 1 fully saturated rings. The summed E-state index contributed by atoms with van der Waals surface area (Å²) in [7, 11) is 2.73. The van der Waals surface area contributed by atoms with Crippen LogP contribution in [0, 0.1) is 0 Å². The number of Topliss-reactive ketones (excluding diaryl/α,β-unsaturated/α-hetero) is 1. The van der Waals surface area contributed by atoms with Crippen molar-refractivity contribution in [3.63, 3.8) is 0 Å². The smallest absolute Gasteiger partial charge is 0.296 e. The van der Waals surface area contributed by atoms with Gasteiger partial charge in [-0.15, -0.1) is 0 Å². The van der Waals surface area contributed by atoms with E-state index in [4.69, 9.17) is 32.7 Å². The first-order chi connectivity index (χ1) is 16.4. The Hall–Kier alpha value is -3.62. The van der Waals surface area contributed by atoms with E-state index in [0.29, 0.717) is 11.4 Å². The number of aromatic nitrogens is 2. The number of ether oxygens (including phenoxy) is 2. The predicted octanol–water partition coefficient (Wildman–Crippen LogP) is 4.42. The minimum Gasteiger partial charge on any atom is -0.507 e. The Kier molecular flexibility index (Phi) is 6.72. The molecular formula is C24H19Cl2N3O5. The average molecular weight is 500 g/mol. The lowest BCUT2D eigenvalue weighted by atomic mass is 9.97. The van der Waals surface area contributed by atoms with Gasteiger partial charge in [0.15, 0.2) is 11.5 Å². The number of pyridine rings is 2. The number of benzene rings is 1. The first kappa shape index (κ1) is 23.5. The zero-order chi connectivity index (χ0) is 24.4. The summed E-state index contributed by atoms with van der Waals surface area (Å²) in [4.78, 5) is 36.2. The highest BCUT2D eigenvalue weighted by molar-refractivity contribution is 6.46. The third-order valence-electron chi connectivity index (χ3n) is 5.36. The van der Waals surface area contributed by atoms with Crippen LogP contribution < -0.4 is 9.47 Å². The molecule has 1 saturated heterocycles. The molecule has 0 spiro atoms. The minimum atomic E-state index is -0.979. The van der Waals surface area contributed by atoms with E-state index in [1.54, 1.807) is 42.6 Å². The number of methoxy groups -OCH3 is 2. The lowest BCUT2D eigenvalue weighted by Gasteiger charge is -2.24. The Morgan fingerprint density at radius 1 is 1.03 bits per heavy atom. The van der Waals surface area contributed by atoms with Gasteiger partial charge in [-0.1, -0.05) is 35.3 Å². The Labute approximate surface area is 205 Å². The van der Waals surface area contributed by atoms with Gasteiger partial charge in [0.25, 0.3) is 11.7 Å². The van der Waals surface area contributed by atoms with Crippen LogP contribution in [0.5, 0.6) is 11.5 Å². The van der Waals surface area contributed by atoms with Gasteiger partial charge in [-0.3, -0.25) is 19.6 Å². The first-order valence-corrected chi connectivity index (χ1v) is 10.8. The summed E-state index contributed by atoms with van der Waals surface area (Å²) in [6.07, 6.45) is 3.13. The maximum Gasteiger partial charge on any atom is 0.296 e. The van der Waals surface area contributed by atoms with Crippen LogP contribution in [0.2, 0.25) is 10.0 Å². The average Bonchev–Trinajstić information content (AvgIpc) is 3.09. The quantitative estimate of drug-likeness (QED) is 0.304. The molecule has 1 aromatic carbocycles. The van der Waals surface area contributed by atoms with E-state index < -0.39 is 23.5 Å². The molecule has 3 aromatic rings. The van der Waals surface area contributed by atoms with Crippen molar-refractivity contribution in [2.24, 2.45) is 0 Å². The van der Waals surface area contributed by atoms with Crippen LogP contribution in [-0.2, 0) is 16.1 Å². The molecule has 0 saturated carbocycles. The Balaban J connectivity index is 1.93. The fourth-order valence-corrected chi connectivity index (χ4v) is 4.53. The molecule has 1 aliphatic rings. The van der Waals surface area contributed by atoms with Crippen molar-refractivity contribution >= 4 is 40.7 Å². The Bertz CT molecular complexity index is 1280. The molecule has 2 aromatic heterocycles. The van der Waals surface area contributed by atoms with Crippen molar-refractivity contribution < 1.29 is 24.2 Å². The second-order valence-corrected chi connectivity index (χ2v) is 8.07. The number of carbonyl (C=O) groups is 2. The normalized spacial score (nSPS) is 17.2. The van der Waals surface area contributed by atoms with E-state index in [1.165, 1.54) is 31.4 Å². The van der Waals surface area contributed by atoms with Crippen molar-refractivity contribution in [1.29, 1.82) is 0 Å². The number of amides is 1. The molecule has 0 aliphatic carbocycles. The van der Waals surface area contributed by atoms with Gasteiger partial charge in [-0.25, -0.2) is 0 Å². The Morgan fingerprint density at radius 3 is 2.29 bits per heavy atom. The number of aliphatic hydroxyl groups excluding tert-OH is 1. The fraction of sp³-hybridized carbons (Fsp3) is 0.167. The summed E-state index contributed by atoms with van der Waals surface area (Å²) in [6, 6.07) is 10.8. The molecule has 34 heavy (non-hydrogen) atoms. The molecule has 3 heterocycles. The van der Waals surface area contributed by atoms with Crippen LogP contribution in [0.1, 0.15) is 23.0 Å². The van der Waals surface area contributed by atoms with E-state index in [1.807, 2.05) is 0 Å². The number of rotatable bonds is 6. The van der Waals surface area contributed by atoms with E-state index in [0.717, 1.165) is 0 Å². The molecule has 1 atom stereocenters. The zero-order valence-electron chi connectivity index (χ0n) is 18.2. The third kappa shape index (κ3) is 4.06. The van der Waals surface area contributed by atoms with Gasteiger partial charge in [0.2, 0.25) is 0 Å². The topological polar surface area (TPSA) is 102 Å². The van der Waals surface area contributed by atoms with Crippen LogP contribution in [0.3, 0.4) is 0 Å². The molecule has 4 rings (SSSR count). The van der Waals surface area contributed by atoms with Crippen molar-refractivity contribution in [3.8, 4) is 11.5 Å². The van der Waals surface area contributed by atoms with Crippen molar-refractivity contribution in [1.82, 2.24) is 14.9 Å². The van der Waals surface area contributed by atoms with Gasteiger partial charge in [0, 0.05) is 12.4 Å². The molecule has 10 heteroatoms. The number of halogens is 2. The molecule has 8 nitrogen and oxygen atoms in total. The van der Waals surface area contributed by atoms with Gasteiger partial charge >= 0.3 is 0 Å². The first-order valence-electron chi connectivity index (χ1n) is 10.1. The van der Waals surface area contributed by atoms with Gasteiger partial charge < -0.3 is 19.5 Å². The predicted molar refractivity (Wildman–Crippen MR) is 126 cm³/mol. The van der Waals surface area contributed by atoms with E-state index in [9.17, 15) is 14.7 Å². The van der Waals surface area contributed by atoms with E-state index >= 15 is 0 Å². The summed E-state index contributed by atoms with van der Waals surface area (Å²) in [5.74, 6) is -1.99. The molecule has 1 unspecified atom stereocenters. The van der Waals surface area contributed by atoms with Gasteiger partial charge in [-0.2, -0.15) is 0 Å². The number of nitrogens with zero attached hydrogens (tertiary/aromatic N) is 3. The number of carbonyl (C=O) groups excluding carboxylic acids is 2. The Morgan fingerprint density at radius 2 is 1.71 bits per heavy atom. The number of aliphatic hydroxyl groups is 1.